The van der Waals surface area contributed by atoms with Gasteiger partial charge in [0.25, 0.3) is 5.56 Å². The Kier molecular flexibility index (Phi) is 6.22. The monoisotopic (exact) mass is 484 g/mol. The molecule has 3 atom stereocenters. The number of aromatic nitrogens is 2. The van der Waals surface area contributed by atoms with Crippen LogP contribution in [0.2, 0.25) is 0 Å². The van der Waals surface area contributed by atoms with E-state index in [1.54, 1.807) is 6.92 Å². The van der Waals surface area contributed by atoms with Crippen molar-refractivity contribution in [2.24, 2.45) is 0 Å². The average molecular weight is 485 g/mol. The normalized spacial score (nSPS) is 22.0. The average Bonchev–Trinajstić information content (AvgIpc) is 3.25. The molecule has 2 heterocycles. The summed E-state index contributed by atoms with van der Waals surface area (Å²) in [6.07, 6.45) is -0.538. The summed E-state index contributed by atoms with van der Waals surface area (Å²) in [7, 11) is 0. The molecule has 5 rings (SSSR count). The van der Waals surface area contributed by atoms with Crippen molar-refractivity contribution >= 4 is 0 Å². The fourth-order valence-electron chi connectivity index (χ4n) is 5.60. The van der Waals surface area contributed by atoms with Crippen LogP contribution in [0.25, 0.3) is 0 Å². The van der Waals surface area contributed by atoms with E-state index in [4.69, 9.17) is 4.74 Å². The number of hydrogen-bond acceptors (Lipinski definition) is 5. The summed E-state index contributed by atoms with van der Waals surface area (Å²) >= 11 is 0. The maximum atomic E-state index is 13.5. The molecule has 1 aromatic heterocycles. The topological polar surface area (TPSA) is 105 Å². The highest BCUT2D eigenvalue weighted by Crippen LogP contribution is 2.56. The number of aliphatic hydroxyl groups is 2. The molecule has 0 bridgehead atoms. The fourth-order valence-corrected chi connectivity index (χ4v) is 5.60. The second kappa shape index (κ2) is 9.35. The Hall–Kier alpha value is -3.78. The minimum absolute atomic E-state index is 0.0116. The van der Waals surface area contributed by atoms with Crippen LogP contribution < -0.4 is 11.2 Å². The van der Waals surface area contributed by atoms with Gasteiger partial charge in [-0.15, -0.1) is 0 Å². The van der Waals surface area contributed by atoms with Crippen LogP contribution in [0.4, 0.5) is 0 Å². The standard InChI is InChI=1S/C29H28N2O5/c1-20-18-31(27(35)30-26(20)34)28(17-24(33)25(19-32)36-28)29(21-11-5-2-6-12-21,22-13-7-3-8-14-22)23-15-9-4-10-16-23/h2-16,18,24-25,32-33H,17,19H2,1H3,(H,30,34,35)/t24-,25+,28-/m0/s1. The lowest BCUT2D eigenvalue weighted by molar-refractivity contribution is -0.147. The molecule has 3 aromatic carbocycles. The van der Waals surface area contributed by atoms with Gasteiger partial charge in [0.15, 0.2) is 5.72 Å². The van der Waals surface area contributed by atoms with Crippen LogP contribution in [0.5, 0.6) is 0 Å². The lowest BCUT2D eigenvalue weighted by Gasteiger charge is -2.50. The molecule has 0 saturated carbocycles. The summed E-state index contributed by atoms with van der Waals surface area (Å²) in [4.78, 5) is 28.3. The van der Waals surface area contributed by atoms with Crippen LogP contribution in [0.3, 0.4) is 0 Å². The third-order valence-electron chi connectivity index (χ3n) is 7.16. The number of aliphatic hydroxyl groups excluding tert-OH is 2. The van der Waals surface area contributed by atoms with Crippen molar-refractivity contribution in [1.82, 2.24) is 9.55 Å². The first-order valence-electron chi connectivity index (χ1n) is 11.9. The smallest absolute Gasteiger partial charge is 0.330 e. The Morgan fingerprint density at radius 2 is 1.39 bits per heavy atom. The molecule has 0 spiro atoms. The van der Waals surface area contributed by atoms with Gasteiger partial charge in [-0.1, -0.05) is 91.0 Å². The maximum absolute atomic E-state index is 13.5. The molecule has 0 unspecified atom stereocenters. The van der Waals surface area contributed by atoms with Crippen LogP contribution in [0.1, 0.15) is 28.7 Å². The Morgan fingerprint density at radius 3 is 1.81 bits per heavy atom. The minimum atomic E-state index is -1.55. The second-order valence-corrected chi connectivity index (χ2v) is 9.18. The number of H-pyrrole nitrogens is 1. The third-order valence-corrected chi connectivity index (χ3v) is 7.16. The van der Waals surface area contributed by atoms with Crippen molar-refractivity contribution in [2.45, 2.75) is 36.7 Å². The van der Waals surface area contributed by atoms with E-state index in [9.17, 15) is 19.8 Å². The van der Waals surface area contributed by atoms with E-state index in [0.717, 1.165) is 16.7 Å². The lowest BCUT2D eigenvalue weighted by atomic mass is 9.61. The highest BCUT2D eigenvalue weighted by atomic mass is 16.6. The summed E-state index contributed by atoms with van der Waals surface area (Å²) in [5, 5.41) is 21.3. The fraction of sp³-hybridized carbons (Fsp3) is 0.241. The van der Waals surface area contributed by atoms with Crippen molar-refractivity contribution in [2.75, 3.05) is 6.61 Å². The molecule has 7 nitrogen and oxygen atoms in total. The number of hydrogen-bond donors (Lipinski definition) is 3. The molecule has 1 aliphatic rings. The highest BCUT2D eigenvalue weighted by molar-refractivity contribution is 5.54. The van der Waals surface area contributed by atoms with Gasteiger partial charge in [0.1, 0.15) is 6.10 Å². The number of nitrogens with one attached hydrogen (secondary N) is 1. The van der Waals surface area contributed by atoms with Gasteiger partial charge in [0.2, 0.25) is 0 Å². The third kappa shape index (κ3) is 3.55. The Morgan fingerprint density at radius 1 is 0.917 bits per heavy atom. The molecular weight excluding hydrogens is 456 g/mol. The molecule has 0 radical (unpaired) electrons. The summed E-state index contributed by atoms with van der Waals surface area (Å²) in [6, 6.07) is 29.0. The summed E-state index contributed by atoms with van der Waals surface area (Å²) in [5.41, 5.74) is -1.07. The number of aromatic amines is 1. The first kappa shape index (κ1) is 23.9. The second-order valence-electron chi connectivity index (χ2n) is 9.18. The summed E-state index contributed by atoms with van der Waals surface area (Å²) < 4.78 is 8.03. The molecular formula is C29H28N2O5. The van der Waals surface area contributed by atoms with Gasteiger partial charge in [-0.05, 0) is 23.6 Å². The first-order valence-corrected chi connectivity index (χ1v) is 11.9. The van der Waals surface area contributed by atoms with Crippen LogP contribution in [-0.4, -0.2) is 38.6 Å². The Balaban J connectivity index is 2.01. The SMILES string of the molecule is Cc1cn([C@@]2(C(c3ccccc3)(c3ccccc3)c3ccccc3)C[C@H](O)[C@@H](CO)O2)c(=O)[nH]c1=O. The summed E-state index contributed by atoms with van der Waals surface area (Å²) in [6.45, 7) is 1.18. The maximum Gasteiger partial charge on any atom is 0.330 e. The Bertz CT molecular complexity index is 1350. The molecule has 7 heteroatoms. The predicted molar refractivity (Wildman–Crippen MR) is 136 cm³/mol. The van der Waals surface area contributed by atoms with E-state index in [1.165, 1.54) is 10.8 Å². The van der Waals surface area contributed by atoms with Gasteiger partial charge in [-0.3, -0.25) is 14.3 Å². The number of rotatable bonds is 6. The van der Waals surface area contributed by atoms with Crippen LogP contribution in [-0.2, 0) is 15.9 Å². The van der Waals surface area contributed by atoms with Crippen LogP contribution >= 0.6 is 0 Å². The molecule has 0 amide bonds. The van der Waals surface area contributed by atoms with Gasteiger partial charge in [-0.25, -0.2) is 4.79 Å². The zero-order valence-electron chi connectivity index (χ0n) is 19.9. The molecule has 1 fully saturated rings. The van der Waals surface area contributed by atoms with E-state index >= 15 is 0 Å². The highest BCUT2D eigenvalue weighted by Gasteiger charge is 2.63. The Labute approximate surface area is 208 Å². The molecule has 36 heavy (non-hydrogen) atoms. The van der Waals surface area contributed by atoms with Gasteiger partial charge >= 0.3 is 5.69 Å². The molecule has 1 aliphatic heterocycles. The first-order chi connectivity index (χ1) is 17.4. The number of nitrogens with zero attached hydrogens (tertiary/aromatic N) is 1. The van der Waals surface area contributed by atoms with E-state index < -0.39 is 41.2 Å². The molecule has 0 aliphatic carbocycles. The van der Waals surface area contributed by atoms with Crippen molar-refractivity contribution < 1.29 is 14.9 Å². The van der Waals surface area contributed by atoms with E-state index in [0.29, 0.717) is 5.56 Å². The van der Waals surface area contributed by atoms with Gasteiger partial charge < -0.3 is 14.9 Å². The van der Waals surface area contributed by atoms with E-state index in [-0.39, 0.29) is 6.42 Å². The van der Waals surface area contributed by atoms with Gasteiger partial charge in [0, 0.05) is 18.2 Å². The quantitative estimate of drug-likeness (QED) is 0.365. The van der Waals surface area contributed by atoms with Crippen molar-refractivity contribution in [3.05, 3.63) is 140 Å². The predicted octanol–water partition coefficient (Wildman–Crippen LogP) is 2.67. The summed E-state index contributed by atoms with van der Waals surface area (Å²) in [5.74, 6) is 0. The number of benzene rings is 3. The minimum Gasteiger partial charge on any atom is -0.394 e. The lowest BCUT2D eigenvalue weighted by Crippen LogP contribution is -2.59. The molecule has 3 N–H and O–H groups in total. The van der Waals surface area contributed by atoms with E-state index in [1.807, 2.05) is 91.0 Å². The molecule has 184 valence electrons. The van der Waals surface area contributed by atoms with Crippen molar-refractivity contribution in [1.29, 1.82) is 0 Å². The van der Waals surface area contributed by atoms with Crippen molar-refractivity contribution in [3.63, 3.8) is 0 Å². The zero-order valence-corrected chi connectivity index (χ0v) is 19.9. The molecule has 4 aromatic rings. The number of ether oxygens (including phenoxy) is 1. The van der Waals surface area contributed by atoms with Gasteiger partial charge in [0.05, 0.1) is 18.1 Å². The largest absolute Gasteiger partial charge is 0.394 e. The number of aryl methyl sites for hydroxylation is 1. The van der Waals surface area contributed by atoms with Crippen molar-refractivity contribution in [3.8, 4) is 0 Å². The van der Waals surface area contributed by atoms with Crippen LogP contribution in [0.15, 0.2) is 107 Å². The van der Waals surface area contributed by atoms with Gasteiger partial charge in [-0.2, -0.15) is 0 Å². The van der Waals surface area contributed by atoms with E-state index in [2.05, 4.69) is 4.98 Å². The zero-order chi connectivity index (χ0) is 25.3. The molecule has 1 saturated heterocycles. The van der Waals surface area contributed by atoms with Crippen LogP contribution in [0, 0.1) is 6.92 Å².